The van der Waals surface area contributed by atoms with Crippen molar-refractivity contribution in [3.8, 4) is 0 Å². The number of likely N-dealkylation sites (N-methyl/N-ethyl adjacent to an activating group) is 1. The molecule has 2 fully saturated rings. The summed E-state index contributed by atoms with van der Waals surface area (Å²) in [5.41, 5.74) is -0.107. The van der Waals surface area contributed by atoms with E-state index in [0.29, 0.717) is 64.6 Å². The fraction of sp³-hybridized carbons (Fsp3) is 0.692. The molecule has 0 unspecified atom stereocenters. The number of carbonyl (C=O) groups excluding carboxylic acids is 8. The van der Waals surface area contributed by atoms with Gasteiger partial charge in [-0.3, -0.25) is 43.3 Å². The van der Waals surface area contributed by atoms with E-state index in [-0.39, 0.29) is 78.1 Å². The number of imide groups is 1. The van der Waals surface area contributed by atoms with Crippen molar-refractivity contribution in [2.45, 2.75) is 168 Å². The normalized spacial score (nSPS) is 21.5. The van der Waals surface area contributed by atoms with Crippen molar-refractivity contribution in [1.29, 1.82) is 0 Å². The third kappa shape index (κ3) is 13.9. The van der Waals surface area contributed by atoms with E-state index in [1.54, 1.807) is 35.8 Å². The van der Waals surface area contributed by atoms with Crippen molar-refractivity contribution in [2.24, 2.45) is 23.7 Å². The first-order chi connectivity index (χ1) is 31.8. The minimum atomic E-state index is -1.04. The van der Waals surface area contributed by atoms with Crippen molar-refractivity contribution >= 4 is 47.0 Å². The third-order valence-corrected chi connectivity index (χ3v) is 14.8. The molecule has 0 radical (unpaired) electrons. The van der Waals surface area contributed by atoms with Crippen LogP contribution < -0.4 is 5.32 Å². The van der Waals surface area contributed by atoms with Crippen LogP contribution in [0, 0.1) is 23.7 Å². The number of methoxy groups -OCH3 is 2. The number of unbranched alkanes of at least 4 members (excludes halogenated alkanes) is 3. The van der Waals surface area contributed by atoms with Crippen LogP contribution in [0.5, 0.6) is 0 Å². The van der Waals surface area contributed by atoms with Crippen LogP contribution >= 0.6 is 0 Å². The van der Waals surface area contributed by atoms with E-state index in [1.807, 2.05) is 65.0 Å². The van der Waals surface area contributed by atoms with E-state index >= 15 is 0 Å². The zero-order valence-electron chi connectivity index (χ0n) is 41.9. The Labute approximate surface area is 399 Å². The molecule has 4 rings (SSSR count). The fourth-order valence-electron chi connectivity index (χ4n) is 10.4. The molecule has 67 heavy (non-hydrogen) atoms. The summed E-state index contributed by atoms with van der Waals surface area (Å²) in [4.78, 5) is 113. The topological polar surface area (TPSA) is 180 Å². The Morgan fingerprint density at radius 3 is 2.12 bits per heavy atom. The molecule has 3 aliphatic heterocycles. The van der Waals surface area contributed by atoms with Gasteiger partial charge in [0.1, 0.15) is 0 Å². The lowest BCUT2D eigenvalue weighted by molar-refractivity contribution is -0.150. The Hall–Kier alpha value is -4.76. The first-order valence-electron chi connectivity index (χ1n) is 24.6. The van der Waals surface area contributed by atoms with Crippen molar-refractivity contribution in [2.75, 3.05) is 40.9 Å². The van der Waals surface area contributed by atoms with Crippen LogP contribution in [0.1, 0.15) is 131 Å². The molecular weight excluding hydrogens is 855 g/mol. The number of benzene rings is 1. The van der Waals surface area contributed by atoms with Gasteiger partial charge >= 0.3 is 0 Å². The smallest absolute Gasteiger partial charge is 0.253 e. The largest absolute Gasteiger partial charge is 0.379 e. The fourth-order valence-corrected chi connectivity index (χ4v) is 10.4. The standard InChI is InChI=1S/C52H79N5O10/c1-11-35(4)48(42(66-9)33-47(63)55-29-19-23-41(55)49(67-10)36(5)50(64)53-40(37(6)58)31-38-21-15-14-16-22-38)54(8)51(65)39(34(2)3)32-43(59)52(7)27-20-30-57(52)46(62)24-17-12-13-18-28-56-44(60)25-26-45(56)61/h14-16,21-22,25-26,34-36,39-42,48-49H,11-13,17-20,23-24,27-33H2,1-10H3,(H,53,64)/t35-,36+,39-,40-,41-,42+,48-,49+,52-/m0/s1. The highest BCUT2D eigenvalue weighted by Gasteiger charge is 2.48. The molecule has 1 aromatic rings. The molecule has 2 saturated heterocycles. The predicted octanol–water partition coefficient (Wildman–Crippen LogP) is 5.71. The summed E-state index contributed by atoms with van der Waals surface area (Å²) in [6.07, 6.45) is 7.85. The van der Waals surface area contributed by atoms with Gasteiger partial charge in [-0.05, 0) is 76.2 Å². The average molecular weight is 934 g/mol. The Morgan fingerprint density at radius 1 is 0.866 bits per heavy atom. The molecule has 1 N–H and O–H groups in total. The van der Waals surface area contributed by atoms with Crippen LogP contribution in [-0.2, 0) is 54.3 Å². The lowest BCUT2D eigenvalue weighted by atomic mass is 9.81. The highest BCUT2D eigenvalue weighted by molar-refractivity contribution is 6.12. The SMILES string of the molecule is CC[C@H](C)[C@@H]([C@@H](CC(=O)N1CCC[C@H]1[C@H](OC)[C@@H](C)C(=O)N[C@@H](Cc1ccccc1)C(C)=O)OC)N(C)C(=O)[C@@H](CC(=O)[C@]1(C)CCCN1C(=O)CCCCCCN1C(=O)C=CC1=O)C(C)C. The van der Waals surface area contributed by atoms with Crippen LogP contribution in [0.4, 0.5) is 0 Å². The average Bonchev–Trinajstić information content (AvgIpc) is 4.04. The van der Waals surface area contributed by atoms with Crippen molar-refractivity contribution in [1.82, 2.24) is 24.9 Å². The van der Waals surface area contributed by atoms with Crippen LogP contribution in [0.3, 0.4) is 0 Å². The quantitative estimate of drug-likeness (QED) is 0.0849. The minimum Gasteiger partial charge on any atom is -0.379 e. The van der Waals surface area contributed by atoms with E-state index in [1.165, 1.54) is 31.1 Å². The highest BCUT2D eigenvalue weighted by Crippen LogP contribution is 2.36. The van der Waals surface area contributed by atoms with E-state index in [2.05, 4.69) is 5.32 Å². The van der Waals surface area contributed by atoms with Gasteiger partial charge < -0.3 is 29.5 Å². The first-order valence-corrected chi connectivity index (χ1v) is 24.6. The van der Waals surface area contributed by atoms with Gasteiger partial charge in [-0.25, -0.2) is 0 Å². The zero-order valence-corrected chi connectivity index (χ0v) is 41.9. The Morgan fingerprint density at radius 2 is 1.52 bits per heavy atom. The Bertz CT molecular complexity index is 1900. The molecule has 3 heterocycles. The van der Waals surface area contributed by atoms with Gasteiger partial charge in [-0.15, -0.1) is 0 Å². The van der Waals surface area contributed by atoms with Gasteiger partial charge in [0, 0.05) is 71.8 Å². The number of ether oxygens (including phenoxy) is 2. The molecule has 0 aliphatic carbocycles. The van der Waals surface area contributed by atoms with Crippen molar-refractivity contribution < 1.29 is 47.8 Å². The molecule has 15 heteroatoms. The number of amides is 6. The summed E-state index contributed by atoms with van der Waals surface area (Å²) in [5.74, 6) is -3.33. The van der Waals surface area contributed by atoms with E-state index in [4.69, 9.17) is 9.47 Å². The number of Topliss-reactive ketones (excluding diaryl/α,β-unsaturated/α-hetero) is 2. The van der Waals surface area contributed by atoms with Gasteiger partial charge in [0.25, 0.3) is 11.8 Å². The lowest BCUT2D eigenvalue weighted by Crippen LogP contribution is -2.55. The molecular formula is C52H79N5O10. The minimum absolute atomic E-state index is 0.0180. The number of nitrogens with zero attached hydrogens (tertiary/aromatic N) is 4. The maximum absolute atomic E-state index is 14.7. The molecule has 9 atom stereocenters. The molecule has 0 saturated carbocycles. The highest BCUT2D eigenvalue weighted by atomic mass is 16.5. The Kier molecular flexibility index (Phi) is 20.9. The number of nitrogens with one attached hydrogen (secondary N) is 1. The molecule has 372 valence electrons. The van der Waals surface area contributed by atoms with E-state index < -0.39 is 47.7 Å². The second kappa shape index (κ2) is 25.6. The van der Waals surface area contributed by atoms with Gasteiger partial charge in [0.15, 0.2) is 11.6 Å². The monoisotopic (exact) mass is 934 g/mol. The molecule has 15 nitrogen and oxygen atoms in total. The molecule has 0 aromatic heterocycles. The summed E-state index contributed by atoms with van der Waals surface area (Å²) < 4.78 is 12.1. The molecule has 3 aliphatic rings. The number of likely N-dealkylation sites (tertiary alicyclic amines) is 2. The van der Waals surface area contributed by atoms with Gasteiger partial charge in [-0.1, -0.05) is 84.2 Å². The lowest BCUT2D eigenvalue weighted by Gasteiger charge is -2.41. The summed E-state index contributed by atoms with van der Waals surface area (Å²) in [7, 11) is 4.81. The zero-order chi connectivity index (χ0) is 49.6. The maximum atomic E-state index is 14.7. The second-order valence-corrected chi connectivity index (χ2v) is 19.7. The van der Waals surface area contributed by atoms with E-state index in [0.717, 1.165) is 24.8 Å². The summed E-state index contributed by atoms with van der Waals surface area (Å²) in [6, 6.07) is 7.89. The number of hydrogen-bond acceptors (Lipinski definition) is 10. The van der Waals surface area contributed by atoms with Crippen LogP contribution in [0.15, 0.2) is 42.5 Å². The predicted molar refractivity (Wildman–Crippen MR) is 255 cm³/mol. The third-order valence-electron chi connectivity index (χ3n) is 14.8. The van der Waals surface area contributed by atoms with Gasteiger partial charge in [0.05, 0.1) is 48.2 Å². The number of ketones is 2. The van der Waals surface area contributed by atoms with Gasteiger partial charge in [-0.2, -0.15) is 0 Å². The maximum Gasteiger partial charge on any atom is 0.253 e. The second-order valence-electron chi connectivity index (χ2n) is 19.7. The van der Waals surface area contributed by atoms with Crippen LogP contribution in [-0.4, -0.2) is 143 Å². The number of rotatable bonds is 27. The molecule has 0 bridgehead atoms. The van der Waals surface area contributed by atoms with E-state index in [9.17, 15) is 38.4 Å². The summed E-state index contributed by atoms with van der Waals surface area (Å²) in [5, 5.41) is 2.94. The van der Waals surface area contributed by atoms with Crippen LogP contribution in [0.25, 0.3) is 0 Å². The molecule has 6 amide bonds. The van der Waals surface area contributed by atoms with Crippen LogP contribution in [0.2, 0.25) is 0 Å². The molecule has 1 aromatic carbocycles. The summed E-state index contributed by atoms with van der Waals surface area (Å²) >= 11 is 0. The number of carbonyl (C=O) groups is 8. The summed E-state index contributed by atoms with van der Waals surface area (Å²) in [6.45, 7) is 14.2. The first kappa shape index (κ1) is 54.8. The van der Waals surface area contributed by atoms with Crippen molar-refractivity contribution in [3.05, 3.63) is 48.0 Å². The Balaban J connectivity index is 1.40. The van der Waals surface area contributed by atoms with Gasteiger partial charge in [0.2, 0.25) is 23.6 Å². The van der Waals surface area contributed by atoms with Crippen molar-refractivity contribution in [3.63, 3.8) is 0 Å². The molecule has 0 spiro atoms. The number of hydrogen-bond donors (Lipinski definition) is 1.